The van der Waals surface area contributed by atoms with E-state index in [1.807, 2.05) is 18.2 Å². The maximum absolute atomic E-state index is 11.9. The van der Waals surface area contributed by atoms with Crippen molar-refractivity contribution < 1.29 is 13.2 Å². The molecule has 0 aliphatic heterocycles. The van der Waals surface area contributed by atoms with Crippen LogP contribution in [-0.4, -0.2) is 28.7 Å². The summed E-state index contributed by atoms with van der Waals surface area (Å²) in [7, 11) is -1.61. The summed E-state index contributed by atoms with van der Waals surface area (Å²) in [6, 6.07) is 7.35. The summed E-state index contributed by atoms with van der Waals surface area (Å²) in [6.45, 7) is 1.61. The van der Waals surface area contributed by atoms with E-state index < -0.39 is 10.0 Å². The fraction of sp³-hybridized carbons (Fsp3) is 0.571. The van der Waals surface area contributed by atoms with Gasteiger partial charge >= 0.3 is 0 Å². The summed E-state index contributed by atoms with van der Waals surface area (Å²) in [6.07, 6.45) is 2.74. The zero-order valence-corrected chi connectivity index (χ0v) is 12.8. The fourth-order valence-electron chi connectivity index (χ4n) is 1.89. The van der Waals surface area contributed by atoms with Gasteiger partial charge in [0.15, 0.2) is 0 Å². The topological polar surface area (TPSA) is 81.4 Å². The molecule has 6 heteroatoms. The number of rotatable bonds is 10. The van der Waals surface area contributed by atoms with Crippen LogP contribution >= 0.6 is 0 Å². The zero-order chi connectivity index (χ0) is 14.8. The van der Waals surface area contributed by atoms with E-state index in [1.54, 1.807) is 13.2 Å². The quantitative estimate of drug-likeness (QED) is 0.640. The lowest BCUT2D eigenvalue weighted by Gasteiger charge is -2.08. The molecule has 0 heterocycles. The lowest BCUT2D eigenvalue weighted by molar-refractivity contribution is 0.192. The summed E-state index contributed by atoms with van der Waals surface area (Å²) < 4.78 is 31.4. The lowest BCUT2D eigenvalue weighted by Crippen LogP contribution is -2.26. The van der Waals surface area contributed by atoms with Crippen LogP contribution in [0.25, 0.3) is 0 Å². The van der Waals surface area contributed by atoms with Crippen molar-refractivity contribution in [3.8, 4) is 0 Å². The van der Waals surface area contributed by atoms with Gasteiger partial charge in [-0.15, -0.1) is 0 Å². The maximum atomic E-state index is 11.9. The Hall–Kier alpha value is -0.950. The number of nitrogens with two attached hydrogens (primary N) is 1. The first kappa shape index (κ1) is 17.1. The van der Waals surface area contributed by atoms with Gasteiger partial charge in [-0.1, -0.05) is 24.3 Å². The zero-order valence-electron chi connectivity index (χ0n) is 12.0. The number of hydrogen-bond acceptors (Lipinski definition) is 4. The number of hydrogen-bond donors (Lipinski definition) is 2. The summed E-state index contributed by atoms with van der Waals surface area (Å²) in [5, 5.41) is 0. The molecule has 1 aromatic rings. The summed E-state index contributed by atoms with van der Waals surface area (Å²) in [5.41, 5.74) is 7.25. The van der Waals surface area contributed by atoms with Crippen molar-refractivity contribution in [2.45, 2.75) is 31.6 Å². The number of unbranched alkanes of at least 4 members (excludes halogenated alkanes) is 2. The van der Waals surface area contributed by atoms with Crippen LogP contribution in [-0.2, 0) is 27.1 Å². The van der Waals surface area contributed by atoms with E-state index in [2.05, 4.69) is 4.72 Å². The Morgan fingerprint density at radius 2 is 1.95 bits per heavy atom. The third kappa shape index (κ3) is 7.00. The maximum Gasteiger partial charge on any atom is 0.215 e. The first-order chi connectivity index (χ1) is 9.57. The molecule has 0 saturated heterocycles. The van der Waals surface area contributed by atoms with Crippen LogP contribution in [0, 0.1) is 0 Å². The Bertz CT molecular complexity index is 489. The van der Waals surface area contributed by atoms with E-state index in [4.69, 9.17) is 10.5 Å². The molecule has 0 aliphatic carbocycles. The van der Waals surface area contributed by atoms with E-state index in [-0.39, 0.29) is 5.75 Å². The van der Waals surface area contributed by atoms with Gasteiger partial charge in [-0.25, -0.2) is 13.1 Å². The van der Waals surface area contributed by atoms with Gasteiger partial charge in [-0.05, 0) is 30.4 Å². The second-order valence-electron chi connectivity index (χ2n) is 4.73. The van der Waals surface area contributed by atoms with Crippen molar-refractivity contribution in [3.05, 3.63) is 35.4 Å². The van der Waals surface area contributed by atoms with E-state index in [0.29, 0.717) is 13.1 Å². The molecule has 0 spiro atoms. The number of benzene rings is 1. The molecule has 1 rings (SSSR count). The number of methoxy groups -OCH3 is 1. The van der Waals surface area contributed by atoms with Crippen LogP contribution in [0.1, 0.15) is 30.4 Å². The van der Waals surface area contributed by atoms with Gasteiger partial charge in [0, 0.05) is 26.8 Å². The van der Waals surface area contributed by atoms with Gasteiger partial charge in [0.1, 0.15) is 0 Å². The van der Waals surface area contributed by atoms with Crippen molar-refractivity contribution in [1.29, 1.82) is 0 Å². The first-order valence-electron chi connectivity index (χ1n) is 6.81. The molecule has 0 amide bonds. The van der Waals surface area contributed by atoms with Crippen molar-refractivity contribution >= 4 is 10.0 Å². The number of sulfonamides is 1. The van der Waals surface area contributed by atoms with Crippen molar-refractivity contribution in [2.24, 2.45) is 5.73 Å². The highest BCUT2D eigenvalue weighted by Crippen LogP contribution is 2.08. The minimum absolute atomic E-state index is 0.00108. The Labute approximate surface area is 121 Å². The molecular weight excluding hydrogens is 276 g/mol. The predicted octanol–water partition coefficient (Wildman–Crippen LogP) is 1.38. The fourth-order valence-corrected chi connectivity index (χ4v) is 3.07. The van der Waals surface area contributed by atoms with Gasteiger partial charge in [0.2, 0.25) is 10.0 Å². The van der Waals surface area contributed by atoms with Crippen LogP contribution < -0.4 is 10.5 Å². The molecule has 114 valence electrons. The molecule has 0 aromatic heterocycles. The van der Waals surface area contributed by atoms with E-state index in [9.17, 15) is 8.42 Å². The highest BCUT2D eigenvalue weighted by molar-refractivity contribution is 7.88. The molecule has 3 N–H and O–H groups in total. The smallest absolute Gasteiger partial charge is 0.215 e. The molecule has 1 aromatic carbocycles. The van der Waals surface area contributed by atoms with Gasteiger partial charge in [-0.3, -0.25) is 0 Å². The Morgan fingerprint density at radius 3 is 2.65 bits per heavy atom. The molecule has 0 unspecified atom stereocenters. The van der Waals surface area contributed by atoms with Crippen molar-refractivity contribution in [3.63, 3.8) is 0 Å². The van der Waals surface area contributed by atoms with E-state index >= 15 is 0 Å². The second kappa shape index (κ2) is 9.07. The molecule has 0 saturated carbocycles. The minimum atomic E-state index is -3.27. The third-order valence-electron chi connectivity index (χ3n) is 2.93. The van der Waals surface area contributed by atoms with Gasteiger partial charge in [0.05, 0.1) is 5.75 Å². The van der Waals surface area contributed by atoms with Crippen molar-refractivity contribution in [2.75, 3.05) is 20.3 Å². The largest absolute Gasteiger partial charge is 0.385 e. The monoisotopic (exact) mass is 300 g/mol. The molecule has 0 radical (unpaired) electrons. The van der Waals surface area contributed by atoms with Crippen LogP contribution in [0.3, 0.4) is 0 Å². The van der Waals surface area contributed by atoms with Gasteiger partial charge in [-0.2, -0.15) is 0 Å². The summed E-state index contributed by atoms with van der Waals surface area (Å²) in [4.78, 5) is 0. The lowest BCUT2D eigenvalue weighted by atomic mass is 10.1. The normalized spacial score (nSPS) is 11.7. The number of ether oxygens (including phenoxy) is 1. The highest BCUT2D eigenvalue weighted by atomic mass is 32.2. The Morgan fingerprint density at radius 1 is 1.20 bits per heavy atom. The molecule has 20 heavy (non-hydrogen) atoms. The summed E-state index contributed by atoms with van der Waals surface area (Å²) >= 11 is 0. The molecule has 0 aliphatic rings. The van der Waals surface area contributed by atoms with E-state index in [0.717, 1.165) is 37.0 Å². The van der Waals surface area contributed by atoms with Gasteiger partial charge < -0.3 is 10.5 Å². The van der Waals surface area contributed by atoms with Crippen LogP contribution in [0.15, 0.2) is 24.3 Å². The molecule has 0 atom stereocenters. The third-order valence-corrected chi connectivity index (χ3v) is 4.29. The average Bonchev–Trinajstić information content (AvgIpc) is 2.42. The average molecular weight is 300 g/mol. The summed E-state index contributed by atoms with van der Waals surface area (Å²) in [5.74, 6) is -0.00108. The highest BCUT2D eigenvalue weighted by Gasteiger charge is 2.10. The van der Waals surface area contributed by atoms with Gasteiger partial charge in [0.25, 0.3) is 0 Å². The Kier molecular flexibility index (Phi) is 7.76. The Balaban J connectivity index is 2.37. The number of nitrogens with one attached hydrogen (secondary N) is 1. The van der Waals surface area contributed by atoms with Crippen LogP contribution in [0.4, 0.5) is 0 Å². The predicted molar refractivity (Wildman–Crippen MR) is 80.7 cm³/mol. The molecule has 5 nitrogen and oxygen atoms in total. The van der Waals surface area contributed by atoms with Crippen LogP contribution in [0.5, 0.6) is 0 Å². The molecular formula is C14H24N2O3S. The van der Waals surface area contributed by atoms with E-state index in [1.165, 1.54) is 0 Å². The van der Waals surface area contributed by atoms with Crippen LogP contribution in [0.2, 0.25) is 0 Å². The minimum Gasteiger partial charge on any atom is -0.385 e. The molecule has 0 bridgehead atoms. The van der Waals surface area contributed by atoms with Crippen molar-refractivity contribution in [1.82, 2.24) is 4.72 Å². The molecule has 0 fully saturated rings. The second-order valence-corrected chi connectivity index (χ2v) is 6.54. The standard InChI is InChI=1S/C14H24N2O3S/c1-19-9-4-2-3-8-16-20(17,18)12-14-7-5-6-13(10-14)11-15/h5-7,10,16H,2-4,8-9,11-12,15H2,1H3. The SMILES string of the molecule is COCCCCCNS(=O)(=O)Cc1cccc(CN)c1. The first-order valence-corrected chi connectivity index (χ1v) is 8.47.